The van der Waals surface area contributed by atoms with Crippen molar-refractivity contribution in [3.05, 3.63) is 35.4 Å². The molecule has 0 aromatic heterocycles. The van der Waals surface area contributed by atoms with Gasteiger partial charge >= 0.3 is 0 Å². The van der Waals surface area contributed by atoms with Crippen molar-refractivity contribution in [2.45, 2.75) is 45.6 Å². The van der Waals surface area contributed by atoms with Crippen LogP contribution in [0.1, 0.15) is 45.6 Å². The Balaban J connectivity index is 2.37. The van der Waals surface area contributed by atoms with Crippen LogP contribution in [0, 0.1) is 23.0 Å². The molecule has 3 heteroatoms. The van der Waals surface area contributed by atoms with E-state index in [2.05, 4.69) is 13.8 Å². The van der Waals surface area contributed by atoms with Gasteiger partial charge in [-0.3, -0.25) is 0 Å². The number of hydrogen-bond acceptors (Lipinski definition) is 1. The Hall–Kier alpha value is -0.960. The van der Waals surface area contributed by atoms with E-state index in [1.165, 1.54) is 12.1 Å². The molecule has 0 bridgehead atoms. The molecule has 1 aromatic carbocycles. The Bertz CT molecular complexity index is 456. The van der Waals surface area contributed by atoms with E-state index in [9.17, 15) is 13.9 Å². The fourth-order valence-corrected chi connectivity index (χ4v) is 3.12. The zero-order chi connectivity index (χ0) is 13.6. The van der Waals surface area contributed by atoms with Crippen LogP contribution in [-0.2, 0) is 5.60 Å². The molecular formula is C15H20F2O. The average molecular weight is 254 g/mol. The standard InChI is InChI=1S/C15H20F2O/c1-10-9-14(2,3)6-7-15(10,18)12-5-4-11(16)8-13(12)17/h4-5,8,10,18H,6-7,9H2,1-3H3. The first-order valence-corrected chi connectivity index (χ1v) is 6.42. The second-order valence-electron chi connectivity index (χ2n) is 6.32. The van der Waals surface area contributed by atoms with Gasteiger partial charge in [0.05, 0.1) is 5.60 Å². The predicted molar refractivity (Wildman–Crippen MR) is 67.1 cm³/mol. The van der Waals surface area contributed by atoms with Crippen LogP contribution < -0.4 is 0 Å². The van der Waals surface area contributed by atoms with Gasteiger partial charge < -0.3 is 5.11 Å². The van der Waals surface area contributed by atoms with E-state index >= 15 is 0 Å². The summed E-state index contributed by atoms with van der Waals surface area (Å²) in [4.78, 5) is 0. The number of aliphatic hydroxyl groups is 1. The summed E-state index contributed by atoms with van der Waals surface area (Å²) in [5, 5.41) is 10.8. The van der Waals surface area contributed by atoms with Crippen molar-refractivity contribution in [1.82, 2.24) is 0 Å². The maximum absolute atomic E-state index is 13.8. The summed E-state index contributed by atoms with van der Waals surface area (Å²) in [7, 11) is 0. The van der Waals surface area contributed by atoms with Gasteiger partial charge in [0.25, 0.3) is 0 Å². The Morgan fingerprint density at radius 1 is 1.22 bits per heavy atom. The van der Waals surface area contributed by atoms with Crippen molar-refractivity contribution in [3.8, 4) is 0 Å². The molecule has 0 amide bonds. The second-order valence-corrected chi connectivity index (χ2v) is 6.32. The Labute approximate surface area is 107 Å². The molecule has 2 rings (SSSR count). The highest BCUT2D eigenvalue weighted by Gasteiger charge is 2.44. The summed E-state index contributed by atoms with van der Waals surface area (Å²) in [5.74, 6) is -1.30. The van der Waals surface area contributed by atoms with Crippen molar-refractivity contribution >= 4 is 0 Å². The molecule has 0 spiro atoms. The van der Waals surface area contributed by atoms with Crippen molar-refractivity contribution in [1.29, 1.82) is 0 Å². The quantitative estimate of drug-likeness (QED) is 0.803. The maximum Gasteiger partial charge on any atom is 0.132 e. The summed E-state index contributed by atoms with van der Waals surface area (Å²) < 4.78 is 26.8. The van der Waals surface area contributed by atoms with Gasteiger partial charge in [0.2, 0.25) is 0 Å². The zero-order valence-electron chi connectivity index (χ0n) is 11.1. The Morgan fingerprint density at radius 3 is 2.44 bits per heavy atom. The summed E-state index contributed by atoms with van der Waals surface area (Å²) in [6.45, 7) is 6.25. The zero-order valence-corrected chi connectivity index (χ0v) is 11.1. The lowest BCUT2D eigenvalue weighted by Gasteiger charge is -2.45. The number of halogens is 2. The largest absolute Gasteiger partial charge is 0.385 e. The fraction of sp³-hybridized carbons (Fsp3) is 0.600. The molecule has 1 aliphatic rings. The van der Waals surface area contributed by atoms with E-state index in [0.717, 1.165) is 18.9 Å². The summed E-state index contributed by atoms with van der Waals surface area (Å²) >= 11 is 0. The molecule has 1 nitrogen and oxygen atoms in total. The highest BCUT2D eigenvalue weighted by atomic mass is 19.1. The third-order valence-electron chi connectivity index (χ3n) is 4.25. The van der Waals surface area contributed by atoms with E-state index in [0.29, 0.717) is 6.42 Å². The van der Waals surface area contributed by atoms with Crippen molar-refractivity contribution in [2.75, 3.05) is 0 Å². The van der Waals surface area contributed by atoms with Gasteiger partial charge in [-0.25, -0.2) is 8.78 Å². The molecule has 18 heavy (non-hydrogen) atoms. The smallest absolute Gasteiger partial charge is 0.132 e. The molecule has 0 saturated heterocycles. The Morgan fingerprint density at radius 2 is 1.89 bits per heavy atom. The minimum absolute atomic E-state index is 0.0405. The first-order valence-electron chi connectivity index (χ1n) is 6.42. The second kappa shape index (κ2) is 4.30. The molecule has 0 aliphatic heterocycles. The lowest BCUT2D eigenvalue weighted by Crippen LogP contribution is -2.42. The van der Waals surface area contributed by atoms with Gasteiger partial charge in [-0.05, 0) is 36.7 Å². The molecular weight excluding hydrogens is 234 g/mol. The Kier molecular flexibility index (Phi) is 3.22. The fourth-order valence-electron chi connectivity index (χ4n) is 3.12. The van der Waals surface area contributed by atoms with Crippen LogP contribution in [0.2, 0.25) is 0 Å². The van der Waals surface area contributed by atoms with Crippen LogP contribution >= 0.6 is 0 Å². The molecule has 1 N–H and O–H groups in total. The lowest BCUT2D eigenvalue weighted by molar-refractivity contribution is -0.0792. The normalized spacial score (nSPS) is 31.3. The maximum atomic E-state index is 13.8. The molecule has 2 unspecified atom stereocenters. The van der Waals surface area contributed by atoms with E-state index < -0.39 is 17.2 Å². The predicted octanol–water partition coefficient (Wildman–Crippen LogP) is 4.00. The molecule has 1 aromatic rings. The van der Waals surface area contributed by atoms with Gasteiger partial charge in [-0.1, -0.05) is 26.8 Å². The number of hydrogen-bond donors (Lipinski definition) is 1. The molecule has 0 radical (unpaired) electrons. The van der Waals surface area contributed by atoms with Crippen LogP contribution in [0.15, 0.2) is 18.2 Å². The van der Waals surface area contributed by atoms with E-state index in [-0.39, 0.29) is 16.9 Å². The van der Waals surface area contributed by atoms with Gasteiger partial charge in [-0.15, -0.1) is 0 Å². The van der Waals surface area contributed by atoms with Crippen LogP contribution in [0.3, 0.4) is 0 Å². The highest BCUT2D eigenvalue weighted by Crippen LogP contribution is 2.49. The molecule has 1 aliphatic carbocycles. The van der Waals surface area contributed by atoms with E-state index in [4.69, 9.17) is 0 Å². The van der Waals surface area contributed by atoms with Crippen LogP contribution in [0.5, 0.6) is 0 Å². The summed E-state index contributed by atoms with van der Waals surface area (Å²) in [5.41, 5.74) is -0.776. The van der Waals surface area contributed by atoms with E-state index in [1.54, 1.807) is 0 Å². The van der Waals surface area contributed by atoms with Crippen LogP contribution in [0.4, 0.5) is 8.78 Å². The number of rotatable bonds is 1. The lowest BCUT2D eigenvalue weighted by atomic mass is 9.63. The minimum atomic E-state index is -1.17. The number of benzene rings is 1. The van der Waals surface area contributed by atoms with E-state index in [1.807, 2.05) is 6.92 Å². The SMILES string of the molecule is CC1CC(C)(C)CCC1(O)c1ccc(F)cc1F. The minimum Gasteiger partial charge on any atom is -0.385 e. The van der Waals surface area contributed by atoms with Gasteiger partial charge in [0.15, 0.2) is 0 Å². The topological polar surface area (TPSA) is 20.2 Å². The van der Waals surface area contributed by atoms with Crippen molar-refractivity contribution in [3.63, 3.8) is 0 Å². The van der Waals surface area contributed by atoms with Crippen molar-refractivity contribution < 1.29 is 13.9 Å². The van der Waals surface area contributed by atoms with Crippen LogP contribution in [0.25, 0.3) is 0 Å². The van der Waals surface area contributed by atoms with Gasteiger partial charge in [-0.2, -0.15) is 0 Å². The molecule has 1 saturated carbocycles. The van der Waals surface area contributed by atoms with Crippen LogP contribution in [-0.4, -0.2) is 5.11 Å². The summed E-state index contributed by atoms with van der Waals surface area (Å²) in [6, 6.07) is 3.43. The van der Waals surface area contributed by atoms with Gasteiger partial charge in [0.1, 0.15) is 11.6 Å². The highest BCUT2D eigenvalue weighted by molar-refractivity contribution is 5.26. The third kappa shape index (κ3) is 2.28. The van der Waals surface area contributed by atoms with Crippen molar-refractivity contribution in [2.24, 2.45) is 11.3 Å². The molecule has 1 fully saturated rings. The molecule has 0 heterocycles. The summed E-state index contributed by atoms with van der Waals surface area (Å²) in [6.07, 6.45) is 2.19. The first-order chi connectivity index (χ1) is 8.24. The average Bonchev–Trinajstić information content (AvgIpc) is 2.24. The van der Waals surface area contributed by atoms with Gasteiger partial charge in [0, 0.05) is 11.6 Å². The molecule has 2 atom stereocenters. The third-order valence-corrected chi connectivity index (χ3v) is 4.25. The molecule has 100 valence electrons. The first kappa shape index (κ1) is 13.5. The monoisotopic (exact) mass is 254 g/mol.